The van der Waals surface area contributed by atoms with E-state index in [-0.39, 0.29) is 5.41 Å². The molecule has 0 radical (unpaired) electrons. The molecule has 0 spiro atoms. The second-order valence-electron chi connectivity index (χ2n) is 6.43. The van der Waals surface area contributed by atoms with Crippen molar-refractivity contribution in [2.45, 2.75) is 39.0 Å². The van der Waals surface area contributed by atoms with Crippen LogP contribution in [0, 0.1) is 5.92 Å². The molecule has 0 aliphatic heterocycles. The number of hydrogen-bond donors (Lipinski definition) is 0. The molecular formula is C17H21BrClNS. The highest BCUT2D eigenvalue weighted by atomic mass is 79.9. The molecular weight excluding hydrogens is 366 g/mol. The zero-order valence-corrected chi connectivity index (χ0v) is 15.9. The summed E-state index contributed by atoms with van der Waals surface area (Å²) in [5.74, 6) is 0.544. The van der Waals surface area contributed by atoms with E-state index >= 15 is 0 Å². The highest BCUT2D eigenvalue weighted by Crippen LogP contribution is 2.26. The summed E-state index contributed by atoms with van der Waals surface area (Å²) in [5.41, 5.74) is 2.61. The average molecular weight is 387 g/mol. The van der Waals surface area contributed by atoms with E-state index in [1.807, 2.05) is 12.1 Å². The molecule has 1 atom stereocenters. The topological polar surface area (TPSA) is 12.9 Å². The summed E-state index contributed by atoms with van der Waals surface area (Å²) in [7, 11) is 0. The van der Waals surface area contributed by atoms with Gasteiger partial charge in [-0.2, -0.15) is 0 Å². The molecule has 0 saturated carbocycles. The summed E-state index contributed by atoms with van der Waals surface area (Å²) < 4.78 is 0. The fourth-order valence-corrected chi connectivity index (χ4v) is 3.98. The molecule has 0 N–H and O–H groups in total. The van der Waals surface area contributed by atoms with Crippen molar-refractivity contribution in [1.29, 1.82) is 0 Å². The van der Waals surface area contributed by atoms with Gasteiger partial charge in [0.25, 0.3) is 0 Å². The Morgan fingerprint density at radius 2 is 2.05 bits per heavy atom. The first-order chi connectivity index (χ1) is 9.88. The lowest BCUT2D eigenvalue weighted by Gasteiger charge is -2.15. The Bertz CT molecular complexity index is 588. The molecule has 2 aromatic rings. The maximum absolute atomic E-state index is 6.06. The third-order valence-corrected chi connectivity index (χ3v) is 5.44. The molecule has 4 heteroatoms. The van der Waals surface area contributed by atoms with Crippen LogP contribution in [0.15, 0.2) is 29.6 Å². The molecule has 0 fully saturated rings. The molecule has 1 heterocycles. The SMILES string of the molecule is CC(C)(C)c1csc(CC(CBr)Cc2cccc(Cl)c2)n1. The zero-order chi connectivity index (χ0) is 15.5. The van der Waals surface area contributed by atoms with E-state index in [4.69, 9.17) is 16.6 Å². The zero-order valence-electron chi connectivity index (χ0n) is 12.7. The third-order valence-electron chi connectivity index (χ3n) is 3.42. The molecule has 0 bridgehead atoms. The van der Waals surface area contributed by atoms with Gasteiger partial charge in [-0.15, -0.1) is 11.3 Å². The molecule has 1 unspecified atom stereocenters. The minimum atomic E-state index is 0.131. The first-order valence-corrected chi connectivity index (χ1v) is 9.51. The van der Waals surface area contributed by atoms with Gasteiger partial charge in [-0.05, 0) is 30.0 Å². The normalized spacial score (nSPS) is 13.4. The van der Waals surface area contributed by atoms with E-state index in [1.54, 1.807) is 11.3 Å². The molecule has 0 aliphatic carbocycles. The summed E-state index contributed by atoms with van der Waals surface area (Å²) in [6.45, 7) is 6.62. The second-order valence-corrected chi connectivity index (χ2v) is 8.46. The van der Waals surface area contributed by atoms with Crippen molar-refractivity contribution in [1.82, 2.24) is 4.98 Å². The van der Waals surface area contributed by atoms with Crippen molar-refractivity contribution in [3.8, 4) is 0 Å². The van der Waals surface area contributed by atoms with Crippen molar-refractivity contribution >= 4 is 38.9 Å². The lowest BCUT2D eigenvalue weighted by atomic mass is 9.93. The number of benzene rings is 1. The molecule has 0 saturated heterocycles. The molecule has 0 aliphatic rings. The van der Waals surface area contributed by atoms with Crippen LogP contribution in [0.1, 0.15) is 37.0 Å². The fourth-order valence-electron chi connectivity index (χ4n) is 2.17. The summed E-state index contributed by atoms with van der Waals surface area (Å²) in [6, 6.07) is 8.14. The number of aromatic nitrogens is 1. The smallest absolute Gasteiger partial charge is 0.0931 e. The lowest BCUT2D eigenvalue weighted by Crippen LogP contribution is -2.13. The molecule has 21 heavy (non-hydrogen) atoms. The van der Waals surface area contributed by atoms with Crippen LogP contribution in [0.2, 0.25) is 5.02 Å². The predicted molar refractivity (Wildman–Crippen MR) is 97.0 cm³/mol. The Labute approximate surface area is 144 Å². The van der Waals surface area contributed by atoms with Crippen molar-refractivity contribution in [3.63, 3.8) is 0 Å². The average Bonchev–Trinajstić information content (AvgIpc) is 2.86. The van der Waals surface area contributed by atoms with Gasteiger partial charge in [0.05, 0.1) is 10.7 Å². The van der Waals surface area contributed by atoms with Gasteiger partial charge in [0.1, 0.15) is 0 Å². The Morgan fingerprint density at radius 3 is 2.62 bits per heavy atom. The van der Waals surface area contributed by atoms with Crippen LogP contribution in [0.5, 0.6) is 0 Å². The Kier molecular flexibility index (Phi) is 5.87. The van der Waals surface area contributed by atoms with Gasteiger partial charge in [-0.1, -0.05) is 60.4 Å². The first-order valence-electron chi connectivity index (χ1n) is 7.14. The summed E-state index contributed by atoms with van der Waals surface area (Å²) in [6.07, 6.45) is 2.04. The van der Waals surface area contributed by atoms with Gasteiger partial charge in [-0.3, -0.25) is 0 Å². The van der Waals surface area contributed by atoms with E-state index in [9.17, 15) is 0 Å². The third kappa shape index (κ3) is 5.08. The molecule has 2 rings (SSSR count). The second kappa shape index (κ2) is 7.26. The van der Waals surface area contributed by atoms with E-state index in [0.29, 0.717) is 5.92 Å². The van der Waals surface area contributed by atoms with Gasteiger partial charge < -0.3 is 0 Å². The number of nitrogens with zero attached hydrogens (tertiary/aromatic N) is 1. The van der Waals surface area contributed by atoms with E-state index in [2.05, 4.69) is 54.2 Å². The van der Waals surface area contributed by atoms with Crippen LogP contribution in [-0.4, -0.2) is 10.3 Å². The molecule has 114 valence electrons. The maximum atomic E-state index is 6.06. The van der Waals surface area contributed by atoms with Crippen LogP contribution >= 0.6 is 38.9 Å². The van der Waals surface area contributed by atoms with Gasteiger partial charge >= 0.3 is 0 Å². The Balaban J connectivity index is 2.04. The largest absolute Gasteiger partial charge is 0.246 e. The molecule has 1 nitrogen and oxygen atoms in total. The highest BCUT2D eigenvalue weighted by molar-refractivity contribution is 9.09. The van der Waals surface area contributed by atoms with Gasteiger partial charge in [0.15, 0.2) is 0 Å². The van der Waals surface area contributed by atoms with Crippen LogP contribution < -0.4 is 0 Å². The fraction of sp³-hybridized carbons (Fsp3) is 0.471. The summed E-state index contributed by atoms with van der Waals surface area (Å²) in [4.78, 5) is 4.80. The van der Waals surface area contributed by atoms with Gasteiger partial charge in [0.2, 0.25) is 0 Å². The van der Waals surface area contributed by atoms with Crippen LogP contribution in [0.3, 0.4) is 0 Å². The summed E-state index contributed by atoms with van der Waals surface area (Å²) in [5, 5.41) is 5.21. The number of rotatable bonds is 5. The summed E-state index contributed by atoms with van der Waals surface area (Å²) >= 11 is 11.5. The van der Waals surface area contributed by atoms with Gasteiger partial charge in [-0.25, -0.2) is 4.98 Å². The van der Waals surface area contributed by atoms with Crippen LogP contribution in [-0.2, 0) is 18.3 Å². The molecule has 1 aromatic heterocycles. The number of thiazole rings is 1. The standard InChI is InChI=1S/C17H21BrClNS/c1-17(2,3)15-11-21-16(20-15)9-13(10-18)7-12-5-4-6-14(19)8-12/h4-6,8,11,13H,7,9-10H2,1-3H3. The lowest BCUT2D eigenvalue weighted by molar-refractivity contribution is 0.558. The quantitative estimate of drug-likeness (QED) is 0.584. The molecule has 0 amide bonds. The molecule has 1 aromatic carbocycles. The van der Waals surface area contributed by atoms with E-state index in [0.717, 1.165) is 23.2 Å². The maximum Gasteiger partial charge on any atom is 0.0931 e. The predicted octanol–water partition coefficient (Wildman–Crippen LogP) is 5.89. The highest BCUT2D eigenvalue weighted by Gasteiger charge is 2.19. The number of hydrogen-bond acceptors (Lipinski definition) is 2. The minimum Gasteiger partial charge on any atom is -0.246 e. The van der Waals surface area contributed by atoms with Crippen molar-refractivity contribution in [2.75, 3.05) is 5.33 Å². The first kappa shape index (κ1) is 17.0. The van der Waals surface area contributed by atoms with Crippen molar-refractivity contribution < 1.29 is 0 Å². The van der Waals surface area contributed by atoms with Crippen LogP contribution in [0.4, 0.5) is 0 Å². The van der Waals surface area contributed by atoms with E-state index in [1.165, 1.54) is 16.3 Å². The monoisotopic (exact) mass is 385 g/mol. The van der Waals surface area contributed by atoms with Gasteiger partial charge in [0, 0.05) is 27.6 Å². The van der Waals surface area contributed by atoms with Crippen molar-refractivity contribution in [2.24, 2.45) is 5.92 Å². The Hall–Kier alpha value is -0.380. The van der Waals surface area contributed by atoms with Crippen molar-refractivity contribution in [3.05, 3.63) is 50.9 Å². The Morgan fingerprint density at radius 1 is 1.29 bits per heavy atom. The van der Waals surface area contributed by atoms with E-state index < -0.39 is 0 Å². The number of alkyl halides is 1. The minimum absolute atomic E-state index is 0.131. The van der Waals surface area contributed by atoms with Crippen LogP contribution in [0.25, 0.3) is 0 Å². The number of halogens is 2.